The topological polar surface area (TPSA) is 0 Å². The Labute approximate surface area is 119 Å². The zero-order valence-electron chi connectivity index (χ0n) is 13.0. The molecule has 0 fully saturated rings. The number of allylic oxidation sites excluding steroid dienone is 4. The Balaban J connectivity index is 0.000000861. The van der Waals surface area contributed by atoms with Crippen LogP contribution in [0.4, 0.5) is 0 Å². The van der Waals surface area contributed by atoms with E-state index in [4.69, 9.17) is 0 Å². The van der Waals surface area contributed by atoms with Gasteiger partial charge in [0, 0.05) is 0 Å². The first kappa shape index (κ1) is 15.8. The van der Waals surface area contributed by atoms with Crippen molar-refractivity contribution in [3.63, 3.8) is 0 Å². The van der Waals surface area contributed by atoms with Crippen molar-refractivity contribution in [2.75, 3.05) is 0 Å². The monoisotopic (exact) mass is 256 g/mol. The Bertz CT molecular complexity index is 418. The predicted octanol–water partition coefficient (Wildman–Crippen LogP) is 6.01. The molecule has 0 amide bonds. The summed E-state index contributed by atoms with van der Waals surface area (Å²) in [6.45, 7) is 8.41. The zero-order valence-corrected chi connectivity index (χ0v) is 13.0. The van der Waals surface area contributed by atoms with E-state index in [1.54, 1.807) is 11.1 Å². The molecule has 0 atom stereocenters. The fourth-order valence-electron chi connectivity index (χ4n) is 2.42. The highest BCUT2D eigenvalue weighted by Gasteiger charge is 2.08. The minimum Gasteiger partial charge on any atom is -0.0807 e. The summed E-state index contributed by atoms with van der Waals surface area (Å²) < 4.78 is 0. The molecule has 0 bridgehead atoms. The molecule has 0 nitrogen and oxygen atoms in total. The van der Waals surface area contributed by atoms with Crippen LogP contribution in [0.3, 0.4) is 0 Å². The van der Waals surface area contributed by atoms with Crippen LogP contribution in [0, 0.1) is 6.92 Å². The molecule has 0 aromatic heterocycles. The van der Waals surface area contributed by atoms with Crippen molar-refractivity contribution >= 4 is 0 Å². The minimum absolute atomic E-state index is 1.10. The van der Waals surface area contributed by atoms with Crippen molar-refractivity contribution in [3.05, 3.63) is 58.7 Å². The van der Waals surface area contributed by atoms with Gasteiger partial charge < -0.3 is 0 Å². The smallest absolute Gasteiger partial charge is 0.00263 e. The van der Waals surface area contributed by atoms with Gasteiger partial charge in [-0.3, -0.25) is 0 Å². The summed E-state index contributed by atoms with van der Waals surface area (Å²) >= 11 is 0. The summed E-state index contributed by atoms with van der Waals surface area (Å²) in [5.41, 5.74) is 5.92. The standard InChI is InChI=1S/C17H22.C2H6/c1-3-6-16-7-4-5-8-17(16)13-15-11-9-14(2)10-12-15;1-2/h7-12H,3-6,13H2,1-2H3;1-2H3. The van der Waals surface area contributed by atoms with Crippen LogP contribution in [0.15, 0.2) is 47.6 Å². The molecule has 0 unspecified atom stereocenters. The van der Waals surface area contributed by atoms with E-state index in [0.717, 1.165) is 6.42 Å². The molecule has 2 rings (SSSR count). The molecule has 1 aliphatic rings. The fraction of sp³-hybridized carbons (Fsp3) is 0.474. The van der Waals surface area contributed by atoms with Crippen LogP contribution >= 0.6 is 0 Å². The van der Waals surface area contributed by atoms with Crippen molar-refractivity contribution in [3.8, 4) is 0 Å². The molecule has 0 radical (unpaired) electrons. The molecule has 19 heavy (non-hydrogen) atoms. The normalized spacial score (nSPS) is 14.1. The highest BCUT2D eigenvalue weighted by atomic mass is 14.1. The second-order valence-corrected chi connectivity index (χ2v) is 4.95. The molecule has 0 N–H and O–H groups in total. The summed E-state index contributed by atoms with van der Waals surface area (Å²) in [6, 6.07) is 8.94. The first-order valence-electron chi connectivity index (χ1n) is 7.73. The molecule has 0 saturated heterocycles. The second-order valence-electron chi connectivity index (χ2n) is 4.95. The highest BCUT2D eigenvalue weighted by Crippen LogP contribution is 2.26. The number of benzene rings is 1. The SMILES string of the molecule is CC.CCCC1=CCCC=C1Cc1ccc(C)cc1. The predicted molar refractivity (Wildman–Crippen MR) is 86.5 cm³/mol. The first-order valence-corrected chi connectivity index (χ1v) is 7.73. The van der Waals surface area contributed by atoms with E-state index in [0.29, 0.717) is 0 Å². The van der Waals surface area contributed by atoms with E-state index in [9.17, 15) is 0 Å². The van der Waals surface area contributed by atoms with Gasteiger partial charge in [0.05, 0.1) is 0 Å². The van der Waals surface area contributed by atoms with Gasteiger partial charge in [-0.2, -0.15) is 0 Å². The average molecular weight is 256 g/mol. The van der Waals surface area contributed by atoms with Gasteiger partial charge in [-0.1, -0.05) is 69.2 Å². The third-order valence-electron chi connectivity index (χ3n) is 3.40. The van der Waals surface area contributed by atoms with E-state index < -0.39 is 0 Å². The number of aryl methyl sites for hydroxylation is 1. The van der Waals surface area contributed by atoms with Crippen molar-refractivity contribution < 1.29 is 0 Å². The Kier molecular flexibility index (Phi) is 7.25. The third kappa shape index (κ3) is 5.06. The fourth-order valence-corrected chi connectivity index (χ4v) is 2.42. The lowest BCUT2D eigenvalue weighted by Crippen LogP contribution is -1.99. The van der Waals surface area contributed by atoms with Crippen LogP contribution < -0.4 is 0 Å². The maximum absolute atomic E-state index is 2.44. The third-order valence-corrected chi connectivity index (χ3v) is 3.40. The number of hydrogen-bond acceptors (Lipinski definition) is 0. The molecule has 0 heteroatoms. The average Bonchev–Trinajstić information content (AvgIpc) is 2.46. The molecule has 0 spiro atoms. The van der Waals surface area contributed by atoms with E-state index in [1.807, 2.05) is 13.8 Å². The van der Waals surface area contributed by atoms with Gasteiger partial charge in [-0.05, 0) is 49.3 Å². The van der Waals surface area contributed by atoms with Crippen molar-refractivity contribution in [2.45, 2.75) is 59.8 Å². The van der Waals surface area contributed by atoms with E-state index in [-0.39, 0.29) is 0 Å². The maximum atomic E-state index is 2.44. The molecule has 0 saturated carbocycles. The van der Waals surface area contributed by atoms with Crippen LogP contribution in [0.25, 0.3) is 0 Å². The van der Waals surface area contributed by atoms with Gasteiger partial charge in [0.1, 0.15) is 0 Å². The van der Waals surface area contributed by atoms with Gasteiger partial charge in [-0.15, -0.1) is 0 Å². The van der Waals surface area contributed by atoms with Crippen LogP contribution in [-0.4, -0.2) is 0 Å². The van der Waals surface area contributed by atoms with Crippen molar-refractivity contribution in [1.82, 2.24) is 0 Å². The molecule has 1 aliphatic carbocycles. The Morgan fingerprint density at radius 2 is 1.47 bits per heavy atom. The van der Waals surface area contributed by atoms with E-state index in [1.165, 1.54) is 36.8 Å². The van der Waals surface area contributed by atoms with Gasteiger partial charge in [0.2, 0.25) is 0 Å². The van der Waals surface area contributed by atoms with E-state index in [2.05, 4.69) is 50.3 Å². The van der Waals surface area contributed by atoms with Gasteiger partial charge >= 0.3 is 0 Å². The lowest BCUT2D eigenvalue weighted by molar-refractivity contribution is 0.857. The van der Waals surface area contributed by atoms with Crippen LogP contribution in [0.5, 0.6) is 0 Å². The molecule has 1 aromatic carbocycles. The van der Waals surface area contributed by atoms with Crippen LogP contribution in [0.1, 0.15) is 57.6 Å². The Morgan fingerprint density at radius 1 is 0.895 bits per heavy atom. The molecule has 0 heterocycles. The Hall–Kier alpha value is -1.30. The van der Waals surface area contributed by atoms with Crippen LogP contribution in [0.2, 0.25) is 0 Å². The summed E-state index contributed by atoms with van der Waals surface area (Å²) in [4.78, 5) is 0. The quantitative estimate of drug-likeness (QED) is 0.618. The van der Waals surface area contributed by atoms with Gasteiger partial charge in [-0.25, -0.2) is 0 Å². The maximum Gasteiger partial charge on any atom is -0.00263 e. The molecular formula is C19H28. The summed E-state index contributed by atoms with van der Waals surface area (Å²) in [7, 11) is 0. The first-order chi connectivity index (χ1) is 9.29. The highest BCUT2D eigenvalue weighted by molar-refractivity contribution is 5.38. The number of hydrogen-bond donors (Lipinski definition) is 0. The van der Waals surface area contributed by atoms with Crippen LogP contribution in [-0.2, 0) is 6.42 Å². The molecular weight excluding hydrogens is 228 g/mol. The van der Waals surface area contributed by atoms with Crippen molar-refractivity contribution in [2.24, 2.45) is 0 Å². The second kappa shape index (κ2) is 8.74. The largest absolute Gasteiger partial charge is 0.0807 e. The molecule has 0 aliphatic heterocycles. The summed E-state index contributed by atoms with van der Waals surface area (Å²) in [6.07, 6.45) is 10.9. The Morgan fingerprint density at radius 3 is 2.05 bits per heavy atom. The van der Waals surface area contributed by atoms with Gasteiger partial charge in [0.25, 0.3) is 0 Å². The summed E-state index contributed by atoms with van der Waals surface area (Å²) in [5, 5.41) is 0. The van der Waals surface area contributed by atoms with Crippen molar-refractivity contribution in [1.29, 1.82) is 0 Å². The zero-order chi connectivity index (χ0) is 14.1. The molecule has 104 valence electrons. The molecule has 1 aromatic rings. The lowest BCUT2D eigenvalue weighted by Gasteiger charge is -2.16. The number of rotatable bonds is 4. The van der Waals surface area contributed by atoms with E-state index >= 15 is 0 Å². The summed E-state index contributed by atoms with van der Waals surface area (Å²) in [5.74, 6) is 0. The van der Waals surface area contributed by atoms with Gasteiger partial charge in [0.15, 0.2) is 0 Å². The minimum atomic E-state index is 1.10. The lowest BCUT2D eigenvalue weighted by atomic mass is 9.90.